The zero-order valence-electron chi connectivity index (χ0n) is 21.9. The van der Waals surface area contributed by atoms with Crippen LogP contribution in [0.4, 0.5) is 0 Å². The molecule has 38 heavy (non-hydrogen) atoms. The molecule has 2 N–H and O–H groups in total. The number of benzene rings is 3. The van der Waals surface area contributed by atoms with Crippen LogP contribution < -0.4 is 15.2 Å². The number of likely N-dealkylation sites (N-methyl/N-ethyl adjacent to an activating group) is 1. The number of methoxy groups -OCH3 is 2. The third kappa shape index (κ3) is 4.26. The fourth-order valence-electron chi connectivity index (χ4n) is 5.57. The Labute approximate surface area is 222 Å². The molecule has 2 amide bonds. The fourth-order valence-corrected chi connectivity index (χ4v) is 5.57. The summed E-state index contributed by atoms with van der Waals surface area (Å²) in [6, 6.07) is 23.2. The van der Waals surface area contributed by atoms with Crippen molar-refractivity contribution in [3.8, 4) is 22.6 Å². The van der Waals surface area contributed by atoms with Crippen LogP contribution in [0.15, 0.2) is 77.8 Å². The standard InChI is InChI=1S/C30H32N4O4/c1-33-28(36)30(32-29(33)31,24-11-7-10-21(18-24)20-8-5-4-6-9-20)23-14-16-34(17-15-23)27(35)22-12-13-25(37-2)26(19-22)38-3/h4-13,18-19,23H,14-17H2,1-3H3,(H2,31,32). The van der Waals surface area contributed by atoms with Gasteiger partial charge in [-0.3, -0.25) is 14.5 Å². The van der Waals surface area contributed by atoms with E-state index in [9.17, 15) is 9.59 Å². The molecular weight excluding hydrogens is 480 g/mol. The van der Waals surface area contributed by atoms with Crippen molar-refractivity contribution < 1.29 is 19.1 Å². The molecule has 1 unspecified atom stereocenters. The zero-order chi connectivity index (χ0) is 26.9. The summed E-state index contributed by atoms with van der Waals surface area (Å²) >= 11 is 0. The molecule has 3 aromatic rings. The SMILES string of the molecule is COc1ccc(C(=O)N2CCC(C3(c4cccc(-c5ccccc5)c4)N=C(N)N(C)C3=O)CC2)cc1OC. The van der Waals surface area contributed by atoms with Crippen LogP contribution in [0.5, 0.6) is 11.5 Å². The maximum Gasteiger partial charge on any atom is 0.261 e. The van der Waals surface area contributed by atoms with Gasteiger partial charge in [0.15, 0.2) is 23.0 Å². The number of guanidine groups is 1. The van der Waals surface area contributed by atoms with Crippen molar-refractivity contribution in [3.63, 3.8) is 0 Å². The molecule has 2 aliphatic rings. The molecule has 1 fully saturated rings. The highest BCUT2D eigenvalue weighted by atomic mass is 16.5. The maximum absolute atomic E-state index is 13.8. The average Bonchev–Trinajstić information content (AvgIpc) is 3.21. The van der Waals surface area contributed by atoms with Crippen LogP contribution in [0.25, 0.3) is 11.1 Å². The van der Waals surface area contributed by atoms with Crippen LogP contribution in [-0.4, -0.2) is 61.9 Å². The van der Waals surface area contributed by atoms with Gasteiger partial charge in [0.1, 0.15) is 0 Å². The smallest absolute Gasteiger partial charge is 0.261 e. The maximum atomic E-state index is 13.8. The van der Waals surface area contributed by atoms with Crippen molar-refractivity contribution in [2.24, 2.45) is 16.6 Å². The Bertz CT molecular complexity index is 1380. The van der Waals surface area contributed by atoms with E-state index in [1.807, 2.05) is 59.5 Å². The Morgan fingerprint density at radius 1 is 0.921 bits per heavy atom. The Morgan fingerprint density at radius 3 is 2.24 bits per heavy atom. The molecular formula is C30H32N4O4. The van der Waals surface area contributed by atoms with Crippen LogP contribution >= 0.6 is 0 Å². The lowest BCUT2D eigenvalue weighted by Crippen LogP contribution is -2.49. The number of carbonyl (C=O) groups excluding carboxylic acids is 2. The van der Waals surface area contributed by atoms with Gasteiger partial charge in [0, 0.05) is 31.6 Å². The predicted molar refractivity (Wildman–Crippen MR) is 146 cm³/mol. The highest BCUT2D eigenvalue weighted by Gasteiger charge is 2.54. The van der Waals surface area contributed by atoms with Crippen molar-refractivity contribution in [1.29, 1.82) is 0 Å². The van der Waals surface area contributed by atoms with Gasteiger partial charge in [-0.15, -0.1) is 0 Å². The molecule has 0 aromatic heterocycles. The van der Waals surface area contributed by atoms with E-state index in [1.165, 1.54) is 4.90 Å². The normalized spacial score (nSPS) is 19.9. The van der Waals surface area contributed by atoms with Gasteiger partial charge in [-0.05, 0) is 53.8 Å². The molecule has 2 heterocycles. The monoisotopic (exact) mass is 512 g/mol. The minimum absolute atomic E-state index is 0.0811. The van der Waals surface area contributed by atoms with Crippen molar-refractivity contribution in [2.75, 3.05) is 34.4 Å². The molecule has 1 saturated heterocycles. The second kappa shape index (κ2) is 10.2. The van der Waals surface area contributed by atoms with Gasteiger partial charge in [0.2, 0.25) is 0 Å². The fraction of sp³-hybridized carbons (Fsp3) is 0.300. The number of likely N-dealkylation sites (tertiary alicyclic amines) is 1. The lowest BCUT2D eigenvalue weighted by Gasteiger charge is -2.40. The molecule has 0 aliphatic carbocycles. The lowest BCUT2D eigenvalue weighted by atomic mass is 9.72. The molecule has 8 heteroatoms. The van der Waals surface area contributed by atoms with Crippen LogP contribution in [0.3, 0.4) is 0 Å². The Morgan fingerprint density at radius 2 is 1.61 bits per heavy atom. The Balaban J connectivity index is 1.43. The molecule has 0 radical (unpaired) electrons. The second-order valence-corrected chi connectivity index (χ2v) is 9.68. The summed E-state index contributed by atoms with van der Waals surface area (Å²) in [6.07, 6.45) is 1.23. The minimum Gasteiger partial charge on any atom is -0.493 e. The van der Waals surface area contributed by atoms with Gasteiger partial charge in [0.05, 0.1) is 14.2 Å². The summed E-state index contributed by atoms with van der Waals surface area (Å²) in [6.45, 7) is 1.01. The molecule has 3 aromatic carbocycles. The van der Waals surface area contributed by atoms with E-state index in [4.69, 9.17) is 20.2 Å². The summed E-state index contributed by atoms with van der Waals surface area (Å²) in [5.74, 6) is 0.965. The van der Waals surface area contributed by atoms with Gasteiger partial charge in [-0.1, -0.05) is 48.5 Å². The van der Waals surface area contributed by atoms with Gasteiger partial charge in [-0.2, -0.15) is 0 Å². The number of ether oxygens (including phenoxy) is 2. The third-order valence-electron chi connectivity index (χ3n) is 7.68. The van der Waals surface area contributed by atoms with Crippen molar-refractivity contribution >= 4 is 17.8 Å². The van der Waals surface area contributed by atoms with E-state index in [1.54, 1.807) is 39.5 Å². The second-order valence-electron chi connectivity index (χ2n) is 9.68. The minimum atomic E-state index is -1.12. The van der Waals surface area contributed by atoms with E-state index < -0.39 is 5.54 Å². The number of amides is 2. The van der Waals surface area contributed by atoms with Crippen molar-refractivity contribution in [1.82, 2.24) is 9.80 Å². The van der Waals surface area contributed by atoms with Gasteiger partial charge >= 0.3 is 0 Å². The Hall–Kier alpha value is -4.33. The first-order chi connectivity index (χ1) is 18.4. The molecule has 8 nitrogen and oxygen atoms in total. The lowest BCUT2D eigenvalue weighted by molar-refractivity contribution is -0.133. The van der Waals surface area contributed by atoms with Gasteiger partial charge < -0.3 is 20.1 Å². The Kier molecular flexibility index (Phi) is 6.80. The molecule has 5 rings (SSSR count). The number of nitrogens with zero attached hydrogens (tertiary/aromatic N) is 3. The summed E-state index contributed by atoms with van der Waals surface area (Å²) in [4.78, 5) is 35.2. The summed E-state index contributed by atoms with van der Waals surface area (Å²) < 4.78 is 10.7. The number of nitrogens with two attached hydrogens (primary N) is 1. The number of hydrogen-bond donors (Lipinski definition) is 1. The van der Waals surface area contributed by atoms with Gasteiger partial charge in [-0.25, -0.2) is 4.99 Å². The van der Waals surface area contributed by atoms with E-state index in [2.05, 4.69) is 0 Å². The first-order valence-corrected chi connectivity index (χ1v) is 12.7. The zero-order valence-corrected chi connectivity index (χ0v) is 21.9. The summed E-state index contributed by atoms with van der Waals surface area (Å²) in [5.41, 5.74) is 8.52. The van der Waals surface area contributed by atoms with E-state index >= 15 is 0 Å². The molecule has 1 atom stereocenters. The molecule has 0 bridgehead atoms. The van der Waals surface area contributed by atoms with Crippen molar-refractivity contribution in [2.45, 2.75) is 18.4 Å². The van der Waals surface area contributed by atoms with Crippen LogP contribution in [0.1, 0.15) is 28.8 Å². The number of aliphatic imine (C=N–C) groups is 1. The number of hydrogen-bond acceptors (Lipinski definition) is 6. The first kappa shape index (κ1) is 25.3. The van der Waals surface area contributed by atoms with Gasteiger partial charge in [0.25, 0.3) is 11.8 Å². The summed E-state index contributed by atoms with van der Waals surface area (Å²) in [5, 5.41) is 0. The van der Waals surface area contributed by atoms with Crippen LogP contribution in [0.2, 0.25) is 0 Å². The highest BCUT2D eigenvalue weighted by Crippen LogP contribution is 2.45. The quantitative estimate of drug-likeness (QED) is 0.540. The molecule has 0 spiro atoms. The number of piperidine rings is 1. The van der Waals surface area contributed by atoms with E-state index in [0.29, 0.717) is 43.0 Å². The topological polar surface area (TPSA) is 97.5 Å². The summed E-state index contributed by atoms with van der Waals surface area (Å²) in [7, 11) is 4.78. The van der Waals surface area contributed by atoms with E-state index in [0.717, 1.165) is 16.7 Å². The predicted octanol–water partition coefficient (Wildman–Crippen LogP) is 3.91. The molecule has 2 aliphatic heterocycles. The molecule has 196 valence electrons. The highest BCUT2D eigenvalue weighted by molar-refractivity contribution is 6.07. The van der Waals surface area contributed by atoms with Crippen molar-refractivity contribution in [3.05, 3.63) is 83.9 Å². The van der Waals surface area contributed by atoms with Crippen LogP contribution in [0, 0.1) is 5.92 Å². The number of rotatable bonds is 6. The largest absolute Gasteiger partial charge is 0.493 e. The third-order valence-corrected chi connectivity index (χ3v) is 7.68. The first-order valence-electron chi connectivity index (χ1n) is 12.7. The average molecular weight is 513 g/mol. The number of carbonyl (C=O) groups is 2. The molecule has 0 saturated carbocycles. The van der Waals surface area contributed by atoms with E-state index in [-0.39, 0.29) is 23.7 Å². The van der Waals surface area contributed by atoms with Crippen LogP contribution in [-0.2, 0) is 10.3 Å².